The number of methoxy groups -OCH3 is 8. The van der Waals surface area contributed by atoms with Gasteiger partial charge in [-0.1, -0.05) is 124 Å². The van der Waals surface area contributed by atoms with Crippen LogP contribution in [0.25, 0.3) is 54.5 Å². The van der Waals surface area contributed by atoms with Crippen molar-refractivity contribution in [2.45, 2.75) is 159 Å². The summed E-state index contributed by atoms with van der Waals surface area (Å²) in [6, 6.07) is 44.1. The molecule has 0 bridgehead atoms. The molecule has 10 aliphatic heterocycles. The minimum absolute atomic E-state index is 0.0218. The molecule has 7 N–H and O–H groups in total. The molecule has 2 saturated carbocycles. The van der Waals surface area contributed by atoms with Gasteiger partial charge in [0.05, 0.1) is 147 Å². The Labute approximate surface area is 779 Å². The van der Waals surface area contributed by atoms with E-state index in [1.54, 1.807) is 33.9 Å². The zero-order valence-corrected chi connectivity index (χ0v) is 78.9. The molecule has 15 heterocycles. The quantitative estimate of drug-likeness (QED) is 0.0175. The first kappa shape index (κ1) is 92.7. The van der Waals surface area contributed by atoms with Crippen molar-refractivity contribution < 1.29 is 72.1 Å². The van der Waals surface area contributed by atoms with Crippen molar-refractivity contribution in [1.82, 2.24) is 49.4 Å². The van der Waals surface area contributed by atoms with Gasteiger partial charge in [-0.3, -0.25) is 34.1 Å². The summed E-state index contributed by atoms with van der Waals surface area (Å²) in [5.41, 5.74) is 21.7. The zero-order valence-electron chi connectivity index (χ0n) is 78.9. The van der Waals surface area contributed by atoms with Crippen molar-refractivity contribution in [3.8, 4) is 0 Å². The molecule has 12 aliphatic rings. The van der Waals surface area contributed by atoms with Gasteiger partial charge in [-0.05, 0) is 201 Å². The molecule has 10 aromatic rings. The highest BCUT2D eigenvalue weighted by Gasteiger charge is 2.53. The summed E-state index contributed by atoms with van der Waals surface area (Å²) in [5.74, 6) is 0.568. The molecule has 2 aliphatic carbocycles. The van der Waals surface area contributed by atoms with Crippen LogP contribution in [-0.4, -0.2) is 224 Å². The Morgan fingerprint density at radius 3 is 0.910 bits per heavy atom. The summed E-state index contributed by atoms with van der Waals surface area (Å²) in [4.78, 5) is 93.2. The van der Waals surface area contributed by atoms with Crippen molar-refractivity contribution in [2.75, 3.05) is 122 Å². The maximum atomic E-state index is 12.4. The normalized spacial score (nSPS) is 28.9. The van der Waals surface area contributed by atoms with Crippen molar-refractivity contribution >= 4 is 84.4 Å². The predicted octanol–water partition coefficient (Wildman–Crippen LogP) is 16.5. The fourth-order valence-corrected chi connectivity index (χ4v) is 26.5. The number of aromatic amines is 5. The molecular formula is C108H134N10O15. The van der Waals surface area contributed by atoms with E-state index >= 15 is 0 Å². The SMILES string of the molecule is C=C[C@H]1CN2CCc3c([nH]c4ccccc34)[C@@H]2C[C@@H]1/C(=C\OC)C(=O)OC.CC[C@@H]1CN2CCc3c([nH]c4ccccc34)[C@@H]2C[C@@H]1/C(=C\OC)C(=O)OC.CC[C@H]1CN2CCc3c([nH]c4ccccc34)[C@@H]2C[C@@H]1/C(=C\OC)C(=O)OC.COC(=O)[C@H]1[C@H]2C[C@H]3c4[nH]c5ccccc5c4CCN3C[C@@H]2CC[C@@H]1O.COC(=O)[C@H]1[C@H]2C[C@H]3c4[nH]c5ccccc5c4CCN3C[C@H]2CC[C@@H]1O. The summed E-state index contributed by atoms with van der Waals surface area (Å²) in [7, 11) is 11.9. The lowest BCUT2D eigenvalue weighted by molar-refractivity contribution is -0.161. The molecule has 5 saturated heterocycles. The number of aromatic nitrogens is 5. The topological polar surface area (TPSA) is 295 Å². The summed E-state index contributed by atoms with van der Waals surface area (Å²) >= 11 is 0. The second kappa shape index (κ2) is 40.4. The average Bonchev–Trinajstić information content (AvgIpc) is 1.71. The van der Waals surface area contributed by atoms with Crippen LogP contribution in [0.3, 0.4) is 0 Å². The van der Waals surface area contributed by atoms with E-state index in [2.05, 4.69) is 191 Å². The summed E-state index contributed by atoms with van der Waals surface area (Å²) in [6.45, 7) is 18.7. The molecule has 706 valence electrons. The zero-order chi connectivity index (χ0) is 92.6. The lowest BCUT2D eigenvalue weighted by Gasteiger charge is -2.50. The molecule has 0 unspecified atom stereocenters. The first-order chi connectivity index (χ1) is 64.9. The number of carbonyl (C=O) groups is 5. The fourth-order valence-electron chi connectivity index (χ4n) is 26.5. The molecule has 25 heteroatoms. The molecule has 5 aromatic heterocycles. The largest absolute Gasteiger partial charge is 0.504 e. The van der Waals surface area contributed by atoms with Gasteiger partial charge in [0.15, 0.2) is 0 Å². The number of nitrogens with zero attached hydrogens (tertiary/aromatic N) is 5. The monoisotopic (exact) mass is 1810 g/mol. The van der Waals surface area contributed by atoms with Gasteiger partial charge >= 0.3 is 29.8 Å². The van der Waals surface area contributed by atoms with E-state index < -0.39 is 12.2 Å². The lowest BCUT2D eigenvalue weighted by atomic mass is 9.65. The standard InChI is InChI=1S/2C22H28N2O3.C22H26N2O3.2C21H26N2O3/c3*1-4-14-12-24-10-9-16-15-7-5-6-8-19(15)23-21(16)20(24)11-17(14)18(13-26-2)22(25)27-3;2*1-26-21(25)19-15-10-17-20-14(13-4-2-3-5-16(13)22-20)8-9-23(17)11-12(15)6-7-18(19)24/h2*5-8,13-14,17,20,23H,4,9-12H2,1-3H3;4-8,13-14,17,20,23H,1,9-12H2,2-3H3;2*2-5,12,15,17-19,22,24H,6-11H2,1H3/b3*18-13+;;/t14-,17+,20+;2*14-,17-,20-;12-,15+,17+,18+,19+;12-,15-,17-,18-,19-/m10010/s1. The van der Waals surface area contributed by atoms with E-state index in [0.717, 1.165) is 155 Å². The fraction of sp³-hybridized carbons (Fsp3) is 0.509. The highest BCUT2D eigenvalue weighted by molar-refractivity contribution is 5.92. The predicted molar refractivity (Wildman–Crippen MR) is 513 cm³/mol. The number of carbonyl (C=O) groups excluding carboxylic acids is 5. The number of aliphatic hydroxyl groups is 2. The van der Waals surface area contributed by atoms with Crippen LogP contribution in [0.1, 0.15) is 171 Å². The Bertz CT molecular complexity index is 5710. The first-order valence-corrected chi connectivity index (χ1v) is 48.6. The van der Waals surface area contributed by atoms with Crippen LogP contribution >= 0.6 is 0 Å². The minimum atomic E-state index is -0.568. The first-order valence-electron chi connectivity index (χ1n) is 48.6. The van der Waals surface area contributed by atoms with Crippen molar-refractivity contribution in [3.63, 3.8) is 0 Å². The van der Waals surface area contributed by atoms with Crippen LogP contribution < -0.4 is 0 Å². The van der Waals surface area contributed by atoms with Gasteiger partial charge in [0.1, 0.15) is 0 Å². The molecule has 0 amide bonds. The number of fused-ring (bicyclic) bond motifs is 27. The molecular weight excluding hydrogens is 1680 g/mol. The molecule has 25 nitrogen and oxygen atoms in total. The van der Waals surface area contributed by atoms with Crippen LogP contribution in [0.2, 0.25) is 0 Å². The number of nitrogens with one attached hydrogen (secondary N) is 5. The number of rotatable bonds is 14. The third kappa shape index (κ3) is 17.7. The van der Waals surface area contributed by atoms with Crippen LogP contribution in [0.15, 0.2) is 169 Å². The van der Waals surface area contributed by atoms with Gasteiger partial charge in [-0.25, -0.2) is 14.4 Å². The number of hydrogen-bond acceptors (Lipinski definition) is 20. The van der Waals surface area contributed by atoms with Gasteiger partial charge in [-0.15, -0.1) is 6.58 Å². The summed E-state index contributed by atoms with van der Waals surface area (Å²) in [5, 5.41) is 27.6. The highest BCUT2D eigenvalue weighted by atomic mass is 16.5. The summed E-state index contributed by atoms with van der Waals surface area (Å²) < 4.78 is 40.9. The van der Waals surface area contributed by atoms with E-state index in [4.69, 9.17) is 37.9 Å². The number of piperidine rings is 5. The Hall–Kier alpha value is -10.8. The van der Waals surface area contributed by atoms with Gasteiger partial charge in [0.25, 0.3) is 0 Å². The van der Waals surface area contributed by atoms with Gasteiger partial charge in [0.2, 0.25) is 0 Å². The highest BCUT2D eigenvalue weighted by Crippen LogP contribution is 2.55. The smallest absolute Gasteiger partial charge is 0.337 e. The van der Waals surface area contributed by atoms with Crippen LogP contribution in [0.5, 0.6) is 0 Å². The maximum Gasteiger partial charge on any atom is 0.337 e. The number of hydrogen-bond donors (Lipinski definition) is 7. The number of esters is 5. The molecule has 0 spiro atoms. The van der Waals surface area contributed by atoms with E-state index in [9.17, 15) is 34.2 Å². The van der Waals surface area contributed by atoms with E-state index in [0.29, 0.717) is 77.4 Å². The summed E-state index contributed by atoms with van der Waals surface area (Å²) in [6.07, 6.45) is 20.9. The van der Waals surface area contributed by atoms with E-state index in [1.807, 2.05) is 6.08 Å². The Kier molecular flexibility index (Phi) is 28.2. The molecule has 19 atom stereocenters. The molecule has 133 heavy (non-hydrogen) atoms. The Balaban J connectivity index is 0.000000111. The molecule has 22 rings (SSSR count). The minimum Gasteiger partial charge on any atom is -0.504 e. The number of H-pyrrole nitrogens is 5. The van der Waals surface area contributed by atoms with Gasteiger partial charge in [-0.2, -0.15) is 0 Å². The number of ether oxygens (including phenoxy) is 8. The number of benzene rings is 5. The second-order valence-corrected chi connectivity index (χ2v) is 39.0. The molecule has 5 aromatic carbocycles. The number of para-hydroxylation sites is 5. The van der Waals surface area contributed by atoms with Crippen LogP contribution in [0.4, 0.5) is 0 Å². The lowest BCUT2D eigenvalue weighted by Crippen LogP contribution is -2.53. The Morgan fingerprint density at radius 2 is 0.632 bits per heavy atom. The van der Waals surface area contributed by atoms with Gasteiger partial charge in [0, 0.05) is 154 Å². The third-order valence-corrected chi connectivity index (χ3v) is 32.9. The average molecular weight is 1810 g/mol. The molecule has 0 radical (unpaired) electrons. The maximum absolute atomic E-state index is 12.4. The van der Waals surface area contributed by atoms with E-state index in [-0.39, 0.29) is 83.2 Å². The third-order valence-electron chi connectivity index (χ3n) is 32.9. The van der Waals surface area contributed by atoms with Crippen molar-refractivity contribution in [3.05, 3.63) is 226 Å². The Morgan fingerprint density at radius 1 is 0.361 bits per heavy atom. The molecule has 7 fully saturated rings. The van der Waals surface area contributed by atoms with Gasteiger partial charge < -0.3 is 73.0 Å². The van der Waals surface area contributed by atoms with Crippen molar-refractivity contribution in [2.24, 2.45) is 71.0 Å². The van der Waals surface area contributed by atoms with Crippen LogP contribution in [0, 0.1) is 71.0 Å². The van der Waals surface area contributed by atoms with E-state index in [1.165, 1.54) is 153 Å². The number of aliphatic hydroxyl groups excluding tert-OH is 2. The van der Waals surface area contributed by atoms with Crippen LogP contribution in [-0.2, 0) is 94.0 Å². The van der Waals surface area contributed by atoms with Crippen molar-refractivity contribution in [1.29, 1.82) is 0 Å². The second-order valence-electron chi connectivity index (χ2n) is 39.0.